The molecular formula is C8H20N2O3S. The quantitative estimate of drug-likeness (QED) is 0.635. The molecule has 0 aromatic heterocycles. The van der Waals surface area contributed by atoms with Gasteiger partial charge in [0.1, 0.15) is 0 Å². The summed E-state index contributed by atoms with van der Waals surface area (Å²) in [4.78, 5) is 0. The molecule has 6 heteroatoms. The first-order valence-corrected chi connectivity index (χ1v) is 6.07. The van der Waals surface area contributed by atoms with E-state index in [1.165, 1.54) is 7.05 Å². The van der Waals surface area contributed by atoms with E-state index in [4.69, 9.17) is 4.74 Å². The molecule has 14 heavy (non-hydrogen) atoms. The highest BCUT2D eigenvalue weighted by Crippen LogP contribution is 2.06. The molecule has 0 rings (SSSR count). The SMILES string of the molecule is CNS(=O)(=O)NCCCOC(C)(C)C. The molecular weight excluding hydrogens is 204 g/mol. The molecule has 0 aliphatic rings. The maximum absolute atomic E-state index is 10.9. The van der Waals surface area contributed by atoms with Gasteiger partial charge >= 0.3 is 0 Å². The van der Waals surface area contributed by atoms with E-state index in [1.54, 1.807) is 0 Å². The molecule has 0 amide bonds. The van der Waals surface area contributed by atoms with Gasteiger partial charge in [0.05, 0.1) is 5.60 Å². The Labute approximate surface area is 86.4 Å². The molecule has 0 aliphatic heterocycles. The highest BCUT2D eigenvalue weighted by atomic mass is 32.2. The predicted molar refractivity (Wildman–Crippen MR) is 56.3 cm³/mol. The van der Waals surface area contributed by atoms with Crippen molar-refractivity contribution in [3.63, 3.8) is 0 Å². The number of hydrogen-bond acceptors (Lipinski definition) is 3. The van der Waals surface area contributed by atoms with Gasteiger partial charge in [-0.3, -0.25) is 0 Å². The van der Waals surface area contributed by atoms with Gasteiger partial charge in [-0.15, -0.1) is 0 Å². The Bertz CT molecular complexity index is 244. The highest BCUT2D eigenvalue weighted by molar-refractivity contribution is 7.87. The van der Waals surface area contributed by atoms with E-state index in [9.17, 15) is 8.42 Å². The maximum Gasteiger partial charge on any atom is 0.276 e. The van der Waals surface area contributed by atoms with Gasteiger partial charge in [-0.1, -0.05) is 0 Å². The summed E-state index contributed by atoms with van der Waals surface area (Å²) in [6.45, 7) is 6.83. The number of nitrogens with one attached hydrogen (secondary N) is 2. The van der Waals surface area contributed by atoms with Crippen LogP contribution in [0.25, 0.3) is 0 Å². The lowest BCUT2D eigenvalue weighted by Gasteiger charge is -2.19. The summed E-state index contributed by atoms with van der Waals surface area (Å²) in [5.74, 6) is 0. The van der Waals surface area contributed by atoms with Crippen LogP contribution < -0.4 is 9.44 Å². The highest BCUT2D eigenvalue weighted by Gasteiger charge is 2.09. The van der Waals surface area contributed by atoms with Crippen LogP contribution in [0.4, 0.5) is 0 Å². The zero-order chi connectivity index (χ0) is 11.2. The minimum absolute atomic E-state index is 0.165. The molecule has 5 nitrogen and oxygen atoms in total. The fourth-order valence-corrected chi connectivity index (χ4v) is 1.29. The third-order valence-electron chi connectivity index (χ3n) is 1.42. The molecule has 0 radical (unpaired) electrons. The van der Waals surface area contributed by atoms with Crippen molar-refractivity contribution in [3.05, 3.63) is 0 Å². The Morgan fingerprint density at radius 1 is 1.29 bits per heavy atom. The van der Waals surface area contributed by atoms with Gasteiger partial charge in [0, 0.05) is 20.2 Å². The summed E-state index contributed by atoms with van der Waals surface area (Å²) < 4.78 is 31.8. The van der Waals surface area contributed by atoms with Crippen LogP contribution in [0.2, 0.25) is 0 Å². The summed E-state index contributed by atoms with van der Waals surface area (Å²) in [7, 11) is -1.92. The van der Waals surface area contributed by atoms with Crippen molar-refractivity contribution in [2.45, 2.75) is 32.8 Å². The van der Waals surface area contributed by atoms with Crippen molar-refractivity contribution in [2.24, 2.45) is 0 Å². The minimum Gasteiger partial charge on any atom is -0.376 e. The summed E-state index contributed by atoms with van der Waals surface area (Å²) in [6, 6.07) is 0. The Hall–Kier alpha value is -0.170. The molecule has 0 unspecified atom stereocenters. The van der Waals surface area contributed by atoms with E-state index >= 15 is 0 Å². The first-order chi connectivity index (χ1) is 6.27. The zero-order valence-corrected chi connectivity index (χ0v) is 10.1. The van der Waals surface area contributed by atoms with E-state index in [2.05, 4.69) is 9.44 Å². The van der Waals surface area contributed by atoms with Gasteiger partial charge < -0.3 is 4.74 Å². The van der Waals surface area contributed by atoms with Crippen LogP contribution in [0.3, 0.4) is 0 Å². The monoisotopic (exact) mass is 224 g/mol. The van der Waals surface area contributed by atoms with E-state index in [0.717, 1.165) is 0 Å². The van der Waals surface area contributed by atoms with Crippen molar-refractivity contribution in [3.8, 4) is 0 Å². The lowest BCUT2D eigenvalue weighted by Crippen LogP contribution is -2.35. The van der Waals surface area contributed by atoms with E-state index in [-0.39, 0.29) is 5.60 Å². The topological polar surface area (TPSA) is 67.4 Å². The molecule has 86 valence electrons. The molecule has 0 fully saturated rings. The van der Waals surface area contributed by atoms with Gasteiger partial charge in [0.25, 0.3) is 10.2 Å². The number of rotatable bonds is 6. The normalized spacial score (nSPS) is 13.1. The van der Waals surface area contributed by atoms with Crippen molar-refractivity contribution in [1.82, 2.24) is 9.44 Å². The second-order valence-electron chi connectivity index (χ2n) is 3.92. The molecule has 0 saturated heterocycles. The number of hydrogen-bond donors (Lipinski definition) is 2. The van der Waals surface area contributed by atoms with Gasteiger partial charge in [-0.2, -0.15) is 8.42 Å². The second kappa shape index (κ2) is 5.65. The molecule has 0 bridgehead atoms. The first-order valence-electron chi connectivity index (χ1n) is 4.59. The fourth-order valence-electron chi connectivity index (χ4n) is 0.729. The van der Waals surface area contributed by atoms with Crippen LogP contribution in [-0.4, -0.2) is 34.2 Å². The third kappa shape index (κ3) is 8.43. The van der Waals surface area contributed by atoms with Crippen molar-refractivity contribution < 1.29 is 13.2 Å². The molecule has 2 N–H and O–H groups in total. The van der Waals surface area contributed by atoms with Gasteiger partial charge in [0.15, 0.2) is 0 Å². The lowest BCUT2D eigenvalue weighted by molar-refractivity contribution is -0.00336. The van der Waals surface area contributed by atoms with E-state index < -0.39 is 10.2 Å². The fraction of sp³-hybridized carbons (Fsp3) is 1.00. The third-order valence-corrected chi connectivity index (χ3v) is 2.54. The minimum atomic E-state index is -3.29. The standard InChI is InChI=1S/C8H20N2O3S/c1-8(2,3)13-7-5-6-10-14(11,12)9-4/h9-10H,5-7H2,1-4H3. The summed E-state index contributed by atoms with van der Waals surface area (Å²) >= 11 is 0. The lowest BCUT2D eigenvalue weighted by atomic mass is 10.2. The molecule has 0 aromatic rings. The van der Waals surface area contributed by atoms with Gasteiger partial charge in [0.2, 0.25) is 0 Å². The van der Waals surface area contributed by atoms with Crippen LogP contribution in [0.5, 0.6) is 0 Å². The average Bonchev–Trinajstić information content (AvgIpc) is 2.01. The molecule has 0 spiro atoms. The maximum atomic E-state index is 10.9. The molecule has 0 atom stereocenters. The smallest absolute Gasteiger partial charge is 0.276 e. The predicted octanol–water partition coefficient (Wildman–Crippen LogP) is 0.245. The van der Waals surface area contributed by atoms with Crippen LogP contribution >= 0.6 is 0 Å². The van der Waals surface area contributed by atoms with Gasteiger partial charge in [-0.25, -0.2) is 9.44 Å². The summed E-state index contributed by atoms with van der Waals surface area (Å²) in [5.41, 5.74) is -0.165. The van der Waals surface area contributed by atoms with Crippen molar-refractivity contribution >= 4 is 10.2 Å². The van der Waals surface area contributed by atoms with Crippen LogP contribution in [0, 0.1) is 0 Å². The average molecular weight is 224 g/mol. The van der Waals surface area contributed by atoms with Gasteiger partial charge in [-0.05, 0) is 27.2 Å². The Morgan fingerprint density at radius 3 is 2.29 bits per heavy atom. The van der Waals surface area contributed by atoms with Crippen LogP contribution in [0.1, 0.15) is 27.2 Å². The second-order valence-corrected chi connectivity index (χ2v) is 5.62. The van der Waals surface area contributed by atoms with E-state index in [1.807, 2.05) is 20.8 Å². The Morgan fingerprint density at radius 2 is 1.86 bits per heavy atom. The van der Waals surface area contributed by atoms with E-state index in [0.29, 0.717) is 19.6 Å². The number of ether oxygens (including phenoxy) is 1. The van der Waals surface area contributed by atoms with Crippen LogP contribution in [0.15, 0.2) is 0 Å². The molecule has 0 heterocycles. The summed E-state index contributed by atoms with van der Waals surface area (Å²) in [5, 5.41) is 0. The Balaban J connectivity index is 3.49. The van der Waals surface area contributed by atoms with Crippen LogP contribution in [-0.2, 0) is 14.9 Å². The zero-order valence-electron chi connectivity index (χ0n) is 9.25. The molecule has 0 saturated carbocycles. The Kier molecular flexibility index (Phi) is 5.58. The van der Waals surface area contributed by atoms with Crippen molar-refractivity contribution in [1.29, 1.82) is 0 Å². The first kappa shape index (κ1) is 13.8. The largest absolute Gasteiger partial charge is 0.376 e. The van der Waals surface area contributed by atoms with Crippen molar-refractivity contribution in [2.75, 3.05) is 20.2 Å². The summed E-state index contributed by atoms with van der Waals surface area (Å²) in [6.07, 6.45) is 0.665. The molecule has 0 aromatic carbocycles. The molecule has 0 aliphatic carbocycles.